The Morgan fingerprint density at radius 1 is 1.29 bits per heavy atom. The highest BCUT2D eigenvalue weighted by molar-refractivity contribution is 5.18. The van der Waals surface area contributed by atoms with Crippen molar-refractivity contribution in [2.24, 2.45) is 5.73 Å². The summed E-state index contributed by atoms with van der Waals surface area (Å²) < 4.78 is 0. The van der Waals surface area contributed by atoms with Crippen LogP contribution in [0.5, 0.6) is 0 Å². The lowest BCUT2D eigenvalue weighted by molar-refractivity contribution is 0.313. The first-order valence-electron chi connectivity index (χ1n) is 5.23. The maximum Gasteiger partial charge on any atom is 0.0424 e. The minimum atomic E-state index is 0.132. The zero-order valence-electron chi connectivity index (χ0n) is 9.11. The molecule has 0 heterocycles. The third-order valence-corrected chi connectivity index (χ3v) is 2.34. The second-order valence-electron chi connectivity index (χ2n) is 3.78. The molecule has 2 N–H and O–H groups in total. The molecule has 1 aromatic rings. The van der Waals surface area contributed by atoms with Crippen molar-refractivity contribution in [1.29, 1.82) is 0 Å². The molecule has 0 bridgehead atoms. The number of hydrogen-bond donors (Lipinski definition) is 1. The molecule has 0 saturated heterocycles. The number of nitrogens with zero attached hydrogens (tertiary/aromatic N) is 1. The first kappa shape index (κ1) is 11.2. The normalized spacial score (nSPS) is 13.1. The second kappa shape index (κ2) is 5.78. The van der Waals surface area contributed by atoms with E-state index in [0.29, 0.717) is 0 Å². The molecular weight excluding hydrogens is 172 g/mol. The summed E-state index contributed by atoms with van der Waals surface area (Å²) in [5, 5.41) is 0. The summed E-state index contributed by atoms with van der Waals surface area (Å²) in [6, 6.07) is 10.4. The van der Waals surface area contributed by atoms with Crippen LogP contribution in [0.2, 0.25) is 0 Å². The molecule has 0 fully saturated rings. The molecule has 1 atom stereocenters. The van der Waals surface area contributed by atoms with E-state index >= 15 is 0 Å². The third-order valence-electron chi connectivity index (χ3n) is 2.34. The van der Waals surface area contributed by atoms with Crippen LogP contribution in [-0.4, -0.2) is 25.0 Å². The zero-order chi connectivity index (χ0) is 10.4. The molecule has 78 valence electrons. The molecule has 0 unspecified atom stereocenters. The van der Waals surface area contributed by atoms with Crippen molar-refractivity contribution in [2.75, 3.05) is 20.1 Å². The highest BCUT2D eigenvalue weighted by Gasteiger charge is 2.07. The third kappa shape index (κ3) is 3.48. The van der Waals surface area contributed by atoms with E-state index in [-0.39, 0.29) is 6.04 Å². The monoisotopic (exact) mass is 192 g/mol. The topological polar surface area (TPSA) is 29.3 Å². The van der Waals surface area contributed by atoms with Crippen LogP contribution in [-0.2, 0) is 0 Å². The van der Waals surface area contributed by atoms with Gasteiger partial charge in [0.2, 0.25) is 0 Å². The molecule has 0 amide bonds. The van der Waals surface area contributed by atoms with E-state index < -0.39 is 0 Å². The number of hydrogen-bond acceptors (Lipinski definition) is 2. The van der Waals surface area contributed by atoms with E-state index in [1.54, 1.807) is 0 Å². The lowest BCUT2D eigenvalue weighted by Crippen LogP contribution is -2.29. The minimum absolute atomic E-state index is 0.132. The van der Waals surface area contributed by atoms with Crippen LogP contribution in [0.15, 0.2) is 30.3 Å². The Morgan fingerprint density at radius 3 is 2.50 bits per heavy atom. The zero-order valence-corrected chi connectivity index (χ0v) is 9.11. The van der Waals surface area contributed by atoms with Gasteiger partial charge in [0.15, 0.2) is 0 Å². The fourth-order valence-corrected chi connectivity index (χ4v) is 1.61. The molecule has 0 aliphatic carbocycles. The predicted octanol–water partition coefficient (Wildman–Crippen LogP) is 2.03. The quantitative estimate of drug-likeness (QED) is 0.773. The Hall–Kier alpha value is -0.860. The van der Waals surface area contributed by atoms with Crippen LogP contribution in [0.4, 0.5) is 0 Å². The highest BCUT2D eigenvalue weighted by Crippen LogP contribution is 2.10. The predicted molar refractivity (Wildman–Crippen MR) is 61.2 cm³/mol. The standard InChI is InChI=1S/C12H20N2/c1-3-9-14(2)10-12(13)11-7-5-4-6-8-11/h4-8,12H,3,9-10,13H2,1-2H3/t12-/m1/s1. The summed E-state index contributed by atoms with van der Waals surface area (Å²) in [4.78, 5) is 2.28. The van der Waals surface area contributed by atoms with Gasteiger partial charge < -0.3 is 10.6 Å². The molecule has 0 radical (unpaired) electrons. The van der Waals surface area contributed by atoms with Crippen LogP contribution in [0.3, 0.4) is 0 Å². The molecular formula is C12H20N2. The summed E-state index contributed by atoms with van der Waals surface area (Å²) in [6.07, 6.45) is 1.18. The summed E-state index contributed by atoms with van der Waals surface area (Å²) >= 11 is 0. The average molecular weight is 192 g/mol. The van der Waals surface area contributed by atoms with E-state index in [0.717, 1.165) is 13.1 Å². The fraction of sp³-hybridized carbons (Fsp3) is 0.500. The van der Waals surface area contributed by atoms with E-state index in [2.05, 4.69) is 31.0 Å². The largest absolute Gasteiger partial charge is 0.323 e. The Labute approximate surface area is 86.7 Å². The van der Waals surface area contributed by atoms with Crippen LogP contribution < -0.4 is 5.73 Å². The lowest BCUT2D eigenvalue weighted by Gasteiger charge is -2.20. The van der Waals surface area contributed by atoms with E-state index in [9.17, 15) is 0 Å². The second-order valence-corrected chi connectivity index (χ2v) is 3.78. The Morgan fingerprint density at radius 2 is 1.93 bits per heavy atom. The van der Waals surface area contributed by atoms with Gasteiger partial charge in [-0.05, 0) is 25.6 Å². The number of benzene rings is 1. The van der Waals surface area contributed by atoms with Gasteiger partial charge in [-0.25, -0.2) is 0 Å². The van der Waals surface area contributed by atoms with E-state index in [1.807, 2.05) is 18.2 Å². The van der Waals surface area contributed by atoms with Crippen LogP contribution in [0.25, 0.3) is 0 Å². The molecule has 2 heteroatoms. The number of likely N-dealkylation sites (N-methyl/N-ethyl adjacent to an activating group) is 1. The van der Waals surface area contributed by atoms with Gasteiger partial charge in [0.1, 0.15) is 0 Å². The smallest absolute Gasteiger partial charge is 0.0424 e. The van der Waals surface area contributed by atoms with Crippen molar-refractivity contribution >= 4 is 0 Å². The summed E-state index contributed by atoms with van der Waals surface area (Å²) in [7, 11) is 2.12. The van der Waals surface area contributed by atoms with Crippen molar-refractivity contribution in [1.82, 2.24) is 4.90 Å². The molecule has 1 rings (SSSR count). The molecule has 2 nitrogen and oxygen atoms in total. The Kier molecular flexibility index (Phi) is 4.63. The number of rotatable bonds is 5. The summed E-state index contributed by atoms with van der Waals surface area (Å²) in [6.45, 7) is 4.23. The van der Waals surface area contributed by atoms with E-state index in [4.69, 9.17) is 5.73 Å². The first-order valence-corrected chi connectivity index (χ1v) is 5.23. The molecule has 0 spiro atoms. The molecule has 0 saturated carbocycles. The van der Waals surface area contributed by atoms with Crippen molar-refractivity contribution in [2.45, 2.75) is 19.4 Å². The average Bonchev–Trinajstić information content (AvgIpc) is 2.19. The van der Waals surface area contributed by atoms with Gasteiger partial charge >= 0.3 is 0 Å². The maximum absolute atomic E-state index is 6.08. The van der Waals surface area contributed by atoms with Gasteiger partial charge in [-0.2, -0.15) is 0 Å². The van der Waals surface area contributed by atoms with E-state index in [1.165, 1.54) is 12.0 Å². The van der Waals surface area contributed by atoms with Gasteiger partial charge in [-0.15, -0.1) is 0 Å². The molecule has 0 aliphatic heterocycles. The molecule has 0 aliphatic rings. The van der Waals surface area contributed by atoms with Crippen molar-refractivity contribution in [3.05, 3.63) is 35.9 Å². The lowest BCUT2D eigenvalue weighted by atomic mass is 10.1. The fourth-order valence-electron chi connectivity index (χ4n) is 1.61. The van der Waals surface area contributed by atoms with Crippen LogP contribution in [0, 0.1) is 0 Å². The van der Waals surface area contributed by atoms with Crippen molar-refractivity contribution < 1.29 is 0 Å². The highest BCUT2D eigenvalue weighted by atomic mass is 15.1. The van der Waals surface area contributed by atoms with Gasteiger partial charge in [0.05, 0.1) is 0 Å². The van der Waals surface area contributed by atoms with Gasteiger partial charge in [0.25, 0.3) is 0 Å². The summed E-state index contributed by atoms with van der Waals surface area (Å²) in [5.74, 6) is 0. The van der Waals surface area contributed by atoms with Crippen LogP contribution in [0.1, 0.15) is 24.9 Å². The van der Waals surface area contributed by atoms with Crippen LogP contribution >= 0.6 is 0 Å². The van der Waals surface area contributed by atoms with Gasteiger partial charge in [-0.3, -0.25) is 0 Å². The van der Waals surface area contributed by atoms with Crippen molar-refractivity contribution in [3.63, 3.8) is 0 Å². The Bertz CT molecular complexity index is 246. The van der Waals surface area contributed by atoms with Gasteiger partial charge in [0, 0.05) is 12.6 Å². The molecule has 1 aromatic carbocycles. The van der Waals surface area contributed by atoms with Crippen molar-refractivity contribution in [3.8, 4) is 0 Å². The van der Waals surface area contributed by atoms with Gasteiger partial charge in [-0.1, -0.05) is 37.3 Å². The summed E-state index contributed by atoms with van der Waals surface area (Å²) in [5.41, 5.74) is 7.30. The molecule has 14 heavy (non-hydrogen) atoms. The molecule has 0 aromatic heterocycles. The number of nitrogens with two attached hydrogens (primary N) is 1. The first-order chi connectivity index (χ1) is 6.74. The minimum Gasteiger partial charge on any atom is -0.323 e. The SMILES string of the molecule is CCCN(C)C[C@@H](N)c1ccccc1. The Balaban J connectivity index is 2.46. The maximum atomic E-state index is 6.08.